The van der Waals surface area contributed by atoms with Gasteiger partial charge in [-0.25, -0.2) is 4.39 Å². The Morgan fingerprint density at radius 3 is 2.16 bits per heavy atom. The van der Waals surface area contributed by atoms with Gasteiger partial charge in [-0.15, -0.1) is 0 Å². The molecule has 0 unspecified atom stereocenters. The molecule has 0 heterocycles. The van der Waals surface area contributed by atoms with Crippen molar-refractivity contribution in [1.82, 2.24) is 0 Å². The summed E-state index contributed by atoms with van der Waals surface area (Å²) < 4.78 is 14.8. The van der Waals surface area contributed by atoms with Crippen LogP contribution in [0.15, 0.2) is 42.5 Å². The van der Waals surface area contributed by atoms with Gasteiger partial charge in [-0.3, -0.25) is 0 Å². The van der Waals surface area contributed by atoms with Crippen molar-refractivity contribution in [2.24, 2.45) is 0 Å². The summed E-state index contributed by atoms with van der Waals surface area (Å²) in [5, 5.41) is 10.2. The highest BCUT2D eigenvalue weighted by Crippen LogP contribution is 2.24. The second kappa shape index (κ2) is 5.27. The van der Waals surface area contributed by atoms with E-state index < -0.39 is 8.07 Å². The molecule has 2 rings (SSSR count). The Bertz CT molecular complexity index is 573. The second-order valence-corrected chi connectivity index (χ2v) is 10.7. The standard InChI is InChI=1S/C16H19FOSi/c1-19(2,3)16-13(11-18)9-10-14(15(16)17)12-7-5-4-6-8-12/h4-10,18H,11H2,1-3H3. The van der Waals surface area contributed by atoms with Gasteiger partial charge in [-0.05, 0) is 16.3 Å². The summed E-state index contributed by atoms with van der Waals surface area (Å²) in [6.07, 6.45) is 0. The van der Waals surface area contributed by atoms with Gasteiger partial charge in [0.2, 0.25) is 0 Å². The topological polar surface area (TPSA) is 20.2 Å². The number of rotatable bonds is 3. The minimum atomic E-state index is -1.84. The highest BCUT2D eigenvalue weighted by Gasteiger charge is 2.26. The molecule has 100 valence electrons. The van der Waals surface area contributed by atoms with Gasteiger partial charge in [0.05, 0.1) is 14.7 Å². The van der Waals surface area contributed by atoms with Crippen LogP contribution < -0.4 is 5.19 Å². The van der Waals surface area contributed by atoms with Gasteiger partial charge >= 0.3 is 0 Å². The first kappa shape index (κ1) is 14.0. The van der Waals surface area contributed by atoms with E-state index in [9.17, 15) is 9.50 Å². The largest absolute Gasteiger partial charge is 0.392 e. The molecule has 0 spiro atoms. The molecule has 0 aliphatic heterocycles. The van der Waals surface area contributed by atoms with E-state index in [1.54, 1.807) is 6.07 Å². The van der Waals surface area contributed by atoms with Gasteiger partial charge in [0.1, 0.15) is 5.82 Å². The van der Waals surface area contributed by atoms with E-state index in [2.05, 4.69) is 19.6 Å². The molecule has 0 bridgehead atoms. The van der Waals surface area contributed by atoms with Gasteiger partial charge in [0.15, 0.2) is 0 Å². The monoisotopic (exact) mass is 274 g/mol. The van der Waals surface area contributed by atoms with E-state index in [1.165, 1.54) is 0 Å². The molecule has 0 atom stereocenters. The average Bonchev–Trinajstić information content (AvgIpc) is 2.37. The summed E-state index contributed by atoms with van der Waals surface area (Å²) in [5.74, 6) is -0.170. The van der Waals surface area contributed by atoms with Gasteiger partial charge in [-0.1, -0.05) is 62.1 Å². The summed E-state index contributed by atoms with van der Waals surface area (Å²) >= 11 is 0. The number of aliphatic hydroxyl groups is 1. The molecule has 0 aliphatic rings. The predicted octanol–water partition coefficient (Wildman–Crippen LogP) is 3.53. The molecular weight excluding hydrogens is 255 g/mol. The molecule has 0 radical (unpaired) electrons. The van der Waals surface area contributed by atoms with Crippen LogP contribution in [-0.4, -0.2) is 13.2 Å². The van der Waals surface area contributed by atoms with Crippen molar-refractivity contribution < 1.29 is 9.50 Å². The quantitative estimate of drug-likeness (QED) is 0.849. The first-order chi connectivity index (χ1) is 8.95. The summed E-state index contributed by atoms with van der Waals surface area (Å²) in [6, 6.07) is 13.2. The molecule has 0 saturated carbocycles. The van der Waals surface area contributed by atoms with Gasteiger partial charge < -0.3 is 5.11 Å². The third-order valence-electron chi connectivity index (χ3n) is 3.23. The van der Waals surface area contributed by atoms with Crippen LogP contribution in [0.3, 0.4) is 0 Å². The molecule has 1 N–H and O–H groups in total. The van der Waals surface area contributed by atoms with Crippen LogP contribution in [0.4, 0.5) is 4.39 Å². The van der Waals surface area contributed by atoms with Crippen LogP contribution >= 0.6 is 0 Å². The van der Waals surface area contributed by atoms with E-state index in [0.29, 0.717) is 5.56 Å². The SMILES string of the molecule is C[Si](C)(C)c1c(CO)ccc(-c2ccccc2)c1F. The van der Waals surface area contributed by atoms with Crippen LogP contribution in [0.5, 0.6) is 0 Å². The Morgan fingerprint density at radius 2 is 1.63 bits per heavy atom. The lowest BCUT2D eigenvalue weighted by Gasteiger charge is -2.22. The first-order valence-corrected chi connectivity index (χ1v) is 9.93. The smallest absolute Gasteiger partial charge is 0.130 e. The normalized spacial score (nSPS) is 11.6. The lowest BCUT2D eigenvalue weighted by Crippen LogP contribution is -2.43. The third-order valence-corrected chi connectivity index (χ3v) is 5.27. The zero-order chi connectivity index (χ0) is 14.0. The van der Waals surface area contributed by atoms with Gasteiger partial charge in [-0.2, -0.15) is 0 Å². The summed E-state index contributed by atoms with van der Waals surface area (Å²) in [7, 11) is -1.84. The summed E-state index contributed by atoms with van der Waals surface area (Å²) in [5.41, 5.74) is 2.22. The van der Waals surface area contributed by atoms with Crippen LogP contribution in [0, 0.1) is 5.82 Å². The number of hydrogen-bond donors (Lipinski definition) is 1. The van der Waals surface area contributed by atoms with Crippen LogP contribution in [0.1, 0.15) is 5.56 Å². The molecule has 19 heavy (non-hydrogen) atoms. The zero-order valence-electron chi connectivity index (χ0n) is 11.6. The fourth-order valence-electron chi connectivity index (χ4n) is 2.40. The van der Waals surface area contributed by atoms with Crippen molar-refractivity contribution in [1.29, 1.82) is 0 Å². The Kier molecular flexibility index (Phi) is 3.87. The average molecular weight is 274 g/mol. The van der Waals surface area contributed by atoms with Crippen molar-refractivity contribution in [3.8, 4) is 11.1 Å². The van der Waals surface area contributed by atoms with Crippen LogP contribution in [0.2, 0.25) is 19.6 Å². The molecule has 0 aromatic heterocycles. The number of hydrogen-bond acceptors (Lipinski definition) is 1. The summed E-state index contributed by atoms with van der Waals surface area (Å²) in [4.78, 5) is 0. The maximum atomic E-state index is 14.8. The molecule has 0 fully saturated rings. The minimum Gasteiger partial charge on any atom is -0.392 e. The fraction of sp³-hybridized carbons (Fsp3) is 0.250. The van der Waals surface area contributed by atoms with Crippen LogP contribution in [0.25, 0.3) is 11.1 Å². The minimum absolute atomic E-state index is 0.106. The predicted molar refractivity (Wildman–Crippen MR) is 80.7 cm³/mol. The maximum absolute atomic E-state index is 14.8. The maximum Gasteiger partial charge on any atom is 0.130 e. The fourth-order valence-corrected chi connectivity index (χ4v) is 4.32. The molecule has 2 aromatic rings. The van der Waals surface area contributed by atoms with E-state index in [-0.39, 0.29) is 12.4 Å². The van der Waals surface area contributed by atoms with Crippen molar-refractivity contribution in [2.45, 2.75) is 26.2 Å². The van der Waals surface area contributed by atoms with E-state index in [4.69, 9.17) is 0 Å². The second-order valence-electron chi connectivity index (χ2n) is 5.74. The van der Waals surface area contributed by atoms with Crippen LogP contribution in [-0.2, 0) is 6.61 Å². The summed E-state index contributed by atoms with van der Waals surface area (Å²) in [6.45, 7) is 6.18. The molecule has 3 heteroatoms. The number of halogens is 1. The molecule has 0 aliphatic carbocycles. The lowest BCUT2D eigenvalue weighted by molar-refractivity contribution is 0.282. The van der Waals surface area contributed by atoms with E-state index in [0.717, 1.165) is 16.3 Å². The van der Waals surface area contributed by atoms with Crippen molar-refractivity contribution in [3.63, 3.8) is 0 Å². The molecule has 2 aromatic carbocycles. The first-order valence-electron chi connectivity index (χ1n) is 6.43. The van der Waals surface area contributed by atoms with Crippen molar-refractivity contribution >= 4 is 13.3 Å². The Morgan fingerprint density at radius 1 is 1.00 bits per heavy atom. The van der Waals surface area contributed by atoms with E-state index >= 15 is 0 Å². The number of benzene rings is 2. The van der Waals surface area contributed by atoms with Gasteiger partial charge in [0.25, 0.3) is 0 Å². The Balaban J connectivity index is 2.67. The zero-order valence-corrected chi connectivity index (χ0v) is 12.6. The van der Waals surface area contributed by atoms with Crippen molar-refractivity contribution in [3.05, 3.63) is 53.8 Å². The molecule has 0 amide bonds. The Hall–Kier alpha value is -1.45. The lowest BCUT2D eigenvalue weighted by atomic mass is 10.0. The molecule has 0 saturated heterocycles. The highest BCUT2D eigenvalue weighted by molar-refractivity contribution is 6.89. The number of aliphatic hydroxyl groups excluding tert-OH is 1. The van der Waals surface area contributed by atoms with E-state index in [1.807, 2.05) is 36.4 Å². The third kappa shape index (κ3) is 2.77. The molecule has 1 nitrogen and oxygen atoms in total. The van der Waals surface area contributed by atoms with Gasteiger partial charge in [0, 0.05) is 5.56 Å². The Labute approximate surface area is 114 Å². The van der Waals surface area contributed by atoms with Crippen molar-refractivity contribution in [2.75, 3.05) is 0 Å². The highest BCUT2D eigenvalue weighted by atomic mass is 28.3. The molecular formula is C16H19FOSi.